The summed E-state index contributed by atoms with van der Waals surface area (Å²) in [5.41, 5.74) is -3.39. The summed E-state index contributed by atoms with van der Waals surface area (Å²) in [5.74, 6) is -4.61. The molecular formula is C19H17F4N5O5. The van der Waals surface area contributed by atoms with Crippen molar-refractivity contribution in [1.29, 1.82) is 0 Å². The fourth-order valence-electron chi connectivity index (χ4n) is 3.58. The average molecular weight is 471 g/mol. The standard InChI is InChI=1S/C19H17F4N5O5/c1-9(2)15-16(29)26(12-8-11(20)10(17(30)31)7-13(12)28(32)33)5-6-27(15)18-24-4-3-14(25-18)19(21,22)23/h3-4,7-9,15H,5-6H2,1-2H3,(H,30,31)/t15-/m1/s1. The Bertz CT molecular complexity index is 1120. The quantitative estimate of drug-likeness (QED) is 0.400. The zero-order chi connectivity index (χ0) is 24.7. The number of alkyl halides is 3. The van der Waals surface area contributed by atoms with Crippen molar-refractivity contribution >= 4 is 29.2 Å². The van der Waals surface area contributed by atoms with Gasteiger partial charge in [0.15, 0.2) is 0 Å². The van der Waals surface area contributed by atoms with Gasteiger partial charge in [0.25, 0.3) is 5.69 Å². The van der Waals surface area contributed by atoms with Crippen molar-refractivity contribution in [2.24, 2.45) is 5.92 Å². The first-order valence-electron chi connectivity index (χ1n) is 9.52. The highest BCUT2D eigenvalue weighted by Gasteiger charge is 2.42. The number of carboxylic acid groups (broad SMARTS) is 1. The number of rotatable bonds is 5. The summed E-state index contributed by atoms with van der Waals surface area (Å²) in [7, 11) is 0. The minimum absolute atomic E-state index is 0.116. The molecule has 176 valence electrons. The predicted molar refractivity (Wildman–Crippen MR) is 105 cm³/mol. The van der Waals surface area contributed by atoms with Gasteiger partial charge in [-0.15, -0.1) is 0 Å². The van der Waals surface area contributed by atoms with Crippen LogP contribution in [0.5, 0.6) is 0 Å². The van der Waals surface area contributed by atoms with Crippen LogP contribution in [0.25, 0.3) is 0 Å². The molecule has 0 aliphatic carbocycles. The van der Waals surface area contributed by atoms with Crippen molar-refractivity contribution < 1.29 is 37.2 Å². The van der Waals surface area contributed by atoms with E-state index in [-0.39, 0.29) is 19.0 Å². The molecule has 1 amide bonds. The van der Waals surface area contributed by atoms with Gasteiger partial charge < -0.3 is 14.9 Å². The third-order valence-electron chi connectivity index (χ3n) is 5.02. The number of nitro groups is 1. The molecule has 1 saturated heterocycles. The zero-order valence-corrected chi connectivity index (χ0v) is 17.2. The highest BCUT2D eigenvalue weighted by atomic mass is 19.4. The molecule has 2 aromatic rings. The lowest BCUT2D eigenvalue weighted by molar-refractivity contribution is -0.384. The Labute approximate surface area is 183 Å². The number of carbonyl (C=O) groups is 2. The highest BCUT2D eigenvalue weighted by molar-refractivity contribution is 6.02. The molecule has 0 unspecified atom stereocenters. The van der Waals surface area contributed by atoms with Crippen molar-refractivity contribution in [3.8, 4) is 0 Å². The van der Waals surface area contributed by atoms with Gasteiger partial charge in [-0.3, -0.25) is 14.9 Å². The number of carboxylic acids is 1. The van der Waals surface area contributed by atoms with Gasteiger partial charge in [0.2, 0.25) is 11.9 Å². The molecule has 14 heteroatoms. The van der Waals surface area contributed by atoms with Gasteiger partial charge in [0, 0.05) is 31.4 Å². The summed E-state index contributed by atoms with van der Waals surface area (Å²) in [6.07, 6.45) is -3.83. The van der Waals surface area contributed by atoms with E-state index in [1.165, 1.54) is 4.90 Å². The Morgan fingerprint density at radius 2 is 1.97 bits per heavy atom. The zero-order valence-electron chi connectivity index (χ0n) is 17.2. The van der Waals surface area contributed by atoms with Gasteiger partial charge in [-0.25, -0.2) is 19.2 Å². The largest absolute Gasteiger partial charge is 0.478 e. The van der Waals surface area contributed by atoms with Crippen LogP contribution in [-0.2, 0) is 11.0 Å². The van der Waals surface area contributed by atoms with Crippen LogP contribution >= 0.6 is 0 Å². The normalized spacial score (nSPS) is 16.9. The molecule has 3 rings (SSSR count). The molecule has 1 aromatic heterocycles. The smallest absolute Gasteiger partial charge is 0.433 e. The first-order valence-corrected chi connectivity index (χ1v) is 9.52. The first-order chi connectivity index (χ1) is 15.3. The van der Waals surface area contributed by atoms with Crippen molar-refractivity contribution in [2.45, 2.75) is 26.1 Å². The van der Waals surface area contributed by atoms with E-state index in [0.717, 1.165) is 11.1 Å². The molecule has 1 atom stereocenters. The van der Waals surface area contributed by atoms with Gasteiger partial charge >= 0.3 is 12.1 Å². The van der Waals surface area contributed by atoms with Gasteiger partial charge in [-0.2, -0.15) is 13.2 Å². The Morgan fingerprint density at radius 1 is 1.30 bits per heavy atom. The minimum Gasteiger partial charge on any atom is -0.478 e. The maximum Gasteiger partial charge on any atom is 0.433 e. The number of hydrogen-bond acceptors (Lipinski definition) is 7. The second kappa shape index (κ2) is 8.60. The second-order valence-electron chi connectivity index (χ2n) is 7.49. The Balaban J connectivity index is 2.05. The van der Waals surface area contributed by atoms with Gasteiger partial charge in [-0.05, 0) is 12.0 Å². The van der Waals surface area contributed by atoms with E-state index in [1.807, 2.05) is 0 Å². The number of halogens is 4. The number of benzene rings is 1. The summed E-state index contributed by atoms with van der Waals surface area (Å²) in [6, 6.07) is 0.673. The monoisotopic (exact) mass is 471 g/mol. The van der Waals surface area contributed by atoms with Crippen LogP contribution < -0.4 is 9.80 Å². The number of aromatic carboxylic acids is 1. The number of piperazine rings is 1. The molecule has 1 N–H and O–H groups in total. The number of anilines is 2. The lowest BCUT2D eigenvalue weighted by Gasteiger charge is -2.42. The van der Waals surface area contributed by atoms with Crippen LogP contribution in [0.2, 0.25) is 0 Å². The van der Waals surface area contributed by atoms with Crippen molar-refractivity contribution in [2.75, 3.05) is 22.9 Å². The predicted octanol–water partition coefficient (Wildman–Crippen LogP) is 3.12. The third kappa shape index (κ3) is 4.54. The topological polar surface area (TPSA) is 130 Å². The molecule has 2 heterocycles. The molecule has 1 aromatic carbocycles. The molecule has 33 heavy (non-hydrogen) atoms. The molecule has 10 nitrogen and oxygen atoms in total. The van der Waals surface area contributed by atoms with Crippen LogP contribution in [-0.4, -0.2) is 51.0 Å². The molecule has 1 aliphatic rings. The fourth-order valence-corrected chi connectivity index (χ4v) is 3.58. The van der Waals surface area contributed by atoms with E-state index >= 15 is 0 Å². The minimum atomic E-state index is -4.74. The third-order valence-corrected chi connectivity index (χ3v) is 5.02. The first kappa shape index (κ1) is 23.8. The van der Waals surface area contributed by atoms with Crippen LogP contribution in [0.1, 0.15) is 29.9 Å². The number of nitrogens with zero attached hydrogens (tertiary/aromatic N) is 5. The van der Waals surface area contributed by atoms with E-state index in [0.29, 0.717) is 18.2 Å². The molecule has 1 fully saturated rings. The van der Waals surface area contributed by atoms with Crippen molar-refractivity contribution in [1.82, 2.24) is 9.97 Å². The summed E-state index contributed by atoms with van der Waals surface area (Å²) in [4.78, 5) is 44.5. The summed E-state index contributed by atoms with van der Waals surface area (Å²) >= 11 is 0. The molecule has 0 saturated carbocycles. The maximum absolute atomic E-state index is 14.3. The van der Waals surface area contributed by atoms with Crippen LogP contribution in [0, 0.1) is 21.8 Å². The Morgan fingerprint density at radius 3 is 2.52 bits per heavy atom. The summed E-state index contributed by atoms with van der Waals surface area (Å²) in [5, 5.41) is 20.5. The van der Waals surface area contributed by atoms with E-state index in [1.54, 1.807) is 13.8 Å². The SMILES string of the molecule is CC(C)[C@@H]1C(=O)N(c2cc(F)c(C(=O)O)cc2[N+](=O)[O-])CCN1c1nccc(C(F)(F)F)n1. The number of amides is 1. The molecule has 0 spiro atoms. The van der Waals surface area contributed by atoms with E-state index < -0.39 is 63.4 Å². The van der Waals surface area contributed by atoms with Crippen molar-refractivity contribution in [3.05, 3.63) is 51.6 Å². The molecule has 0 radical (unpaired) electrons. The Kier molecular flexibility index (Phi) is 6.20. The highest BCUT2D eigenvalue weighted by Crippen LogP contribution is 2.35. The lowest BCUT2D eigenvalue weighted by Crippen LogP contribution is -2.60. The van der Waals surface area contributed by atoms with Crippen LogP contribution in [0.4, 0.5) is 34.9 Å². The van der Waals surface area contributed by atoms with Gasteiger partial charge in [-0.1, -0.05) is 13.8 Å². The van der Waals surface area contributed by atoms with E-state index in [9.17, 15) is 37.3 Å². The van der Waals surface area contributed by atoms with E-state index in [4.69, 9.17) is 5.11 Å². The van der Waals surface area contributed by atoms with Crippen LogP contribution in [0.3, 0.4) is 0 Å². The van der Waals surface area contributed by atoms with E-state index in [2.05, 4.69) is 9.97 Å². The number of hydrogen-bond donors (Lipinski definition) is 1. The molecule has 1 aliphatic heterocycles. The number of nitro benzene ring substituents is 1. The van der Waals surface area contributed by atoms with Crippen LogP contribution in [0.15, 0.2) is 24.4 Å². The van der Waals surface area contributed by atoms with Gasteiger partial charge in [0.05, 0.1) is 4.92 Å². The molecule has 0 bridgehead atoms. The van der Waals surface area contributed by atoms with Gasteiger partial charge in [0.1, 0.15) is 28.8 Å². The fraction of sp³-hybridized carbons (Fsp3) is 0.368. The number of aromatic nitrogens is 2. The average Bonchev–Trinajstić information content (AvgIpc) is 2.72. The summed E-state index contributed by atoms with van der Waals surface area (Å²) < 4.78 is 53.5. The summed E-state index contributed by atoms with van der Waals surface area (Å²) in [6.45, 7) is 2.83. The van der Waals surface area contributed by atoms with Crippen molar-refractivity contribution in [3.63, 3.8) is 0 Å². The number of carbonyl (C=O) groups excluding carboxylic acids is 1. The second-order valence-corrected chi connectivity index (χ2v) is 7.49. The maximum atomic E-state index is 14.3. The lowest BCUT2D eigenvalue weighted by atomic mass is 9.98. The molecular weight excluding hydrogens is 454 g/mol. The Hall–Kier alpha value is -3.84.